The van der Waals surface area contributed by atoms with E-state index in [0.29, 0.717) is 12.2 Å². The Morgan fingerprint density at radius 3 is 1.42 bits per heavy atom. The largest absolute Gasteiger partial charge is 0.504 e. The van der Waals surface area contributed by atoms with Crippen molar-refractivity contribution in [1.82, 2.24) is 0 Å². The van der Waals surface area contributed by atoms with E-state index < -0.39 is 173 Å². The van der Waals surface area contributed by atoms with Crippen molar-refractivity contribution in [2.45, 2.75) is 54.7 Å². The molecule has 1 aliphatic carbocycles. The summed E-state index contributed by atoms with van der Waals surface area (Å²) in [5, 5.41) is 144. The summed E-state index contributed by atoms with van der Waals surface area (Å²) >= 11 is 0. The van der Waals surface area contributed by atoms with Crippen molar-refractivity contribution in [3.63, 3.8) is 0 Å². The number of aromatic hydroxyl groups is 8. The topological polar surface area (TPSA) is 441 Å². The van der Waals surface area contributed by atoms with Gasteiger partial charge in [0.15, 0.2) is 82.6 Å². The third kappa shape index (κ3) is 12.3. The molecule has 0 radical (unpaired) electrons. The SMILES string of the molecule is O=C(/C=C/c1ccc(O)c(O)c1)O[C@H]1[C@@H]([C@H](O)CO)OC(C(=O)O)=C[C@H]1OC(=O)C1=Cc2cc(O)c(O)cc2[C@@H](c2ccc(O)c(O)c2)[C@@H]1C(=O)O[C@@H]1C=C(C(=O)O)O[C@H]([C@@H](O)CO)[C@@H]1OC(=O)/C=C/c1ccc(O)c(O)c1. The molecule has 26 nitrogen and oxygen atoms in total. The fourth-order valence-corrected chi connectivity index (χ4v) is 8.42. The molecule has 3 aliphatic rings. The third-order valence-corrected chi connectivity index (χ3v) is 12.2. The normalized spacial score (nSPS) is 22.5. The number of phenolic OH excluding ortho intramolecular Hbond substituents is 8. The van der Waals surface area contributed by atoms with E-state index in [1.54, 1.807) is 0 Å². The summed E-state index contributed by atoms with van der Waals surface area (Å²) in [6.07, 6.45) is -10.8. The molecule has 0 aromatic heterocycles. The predicted octanol–water partition coefficient (Wildman–Crippen LogP) is 0.991. The van der Waals surface area contributed by atoms with Gasteiger partial charge in [-0.15, -0.1) is 0 Å². The van der Waals surface area contributed by atoms with Crippen LogP contribution < -0.4 is 0 Å². The average Bonchev–Trinajstić information content (AvgIpc) is 3.61. The Bertz CT molecular complexity index is 3190. The minimum atomic E-state index is -2.20. The molecule has 0 bridgehead atoms. The zero-order valence-electron chi connectivity index (χ0n) is 39.7. The number of aliphatic carboxylic acids is 2. The van der Waals surface area contributed by atoms with Gasteiger partial charge in [0.2, 0.25) is 11.5 Å². The van der Waals surface area contributed by atoms with Crippen LogP contribution >= 0.6 is 0 Å². The van der Waals surface area contributed by atoms with Gasteiger partial charge < -0.3 is 99.9 Å². The lowest BCUT2D eigenvalue weighted by Crippen LogP contribution is -2.54. The molecule has 14 N–H and O–H groups in total. The van der Waals surface area contributed by atoms with E-state index in [4.69, 9.17) is 28.4 Å². The zero-order valence-corrected chi connectivity index (χ0v) is 39.7. The number of aliphatic hydroxyl groups excluding tert-OH is 4. The quantitative estimate of drug-likeness (QED) is 0.0303. The van der Waals surface area contributed by atoms with Crippen molar-refractivity contribution in [2.24, 2.45) is 5.92 Å². The number of aliphatic hydroxyl groups is 4. The fourth-order valence-electron chi connectivity index (χ4n) is 8.42. The molecule has 410 valence electrons. The van der Waals surface area contributed by atoms with Gasteiger partial charge in [0.1, 0.15) is 12.2 Å². The maximum Gasteiger partial charge on any atom is 0.370 e. The molecule has 10 atom stereocenters. The Hall–Kier alpha value is -9.76. The predicted molar refractivity (Wildman–Crippen MR) is 257 cm³/mol. The van der Waals surface area contributed by atoms with Gasteiger partial charge in [-0.05, 0) is 94.6 Å². The van der Waals surface area contributed by atoms with Crippen molar-refractivity contribution in [2.75, 3.05) is 13.2 Å². The lowest BCUT2D eigenvalue weighted by atomic mass is 9.71. The van der Waals surface area contributed by atoms with Gasteiger partial charge in [-0.25, -0.2) is 24.0 Å². The Labute approximate surface area is 437 Å². The first kappa shape index (κ1) is 56.0. The fraction of sp³-hybridized carbons (Fsp3) is 0.231. The van der Waals surface area contributed by atoms with Crippen LogP contribution in [0, 0.1) is 5.92 Å². The second kappa shape index (κ2) is 23.4. The van der Waals surface area contributed by atoms with Gasteiger partial charge in [-0.3, -0.25) is 4.79 Å². The first-order valence-electron chi connectivity index (χ1n) is 22.8. The van der Waals surface area contributed by atoms with Gasteiger partial charge in [0, 0.05) is 30.2 Å². The third-order valence-electron chi connectivity index (χ3n) is 12.2. The van der Waals surface area contributed by atoms with Crippen LogP contribution in [0.25, 0.3) is 18.2 Å². The number of carboxylic acids is 2. The highest BCUT2D eigenvalue weighted by Gasteiger charge is 2.51. The van der Waals surface area contributed by atoms with Crippen molar-refractivity contribution >= 4 is 54.0 Å². The maximum atomic E-state index is 15.3. The highest BCUT2D eigenvalue weighted by molar-refractivity contribution is 6.02. The van der Waals surface area contributed by atoms with Crippen LogP contribution in [0.5, 0.6) is 46.0 Å². The molecule has 78 heavy (non-hydrogen) atoms. The molecule has 4 aromatic carbocycles. The molecule has 2 aliphatic heterocycles. The van der Waals surface area contributed by atoms with E-state index in [2.05, 4.69) is 0 Å². The van der Waals surface area contributed by atoms with Crippen molar-refractivity contribution in [1.29, 1.82) is 0 Å². The number of rotatable bonds is 17. The smallest absolute Gasteiger partial charge is 0.370 e. The summed E-state index contributed by atoms with van der Waals surface area (Å²) in [5.74, 6) is -20.7. The number of phenols is 8. The molecule has 0 saturated heterocycles. The molecule has 0 saturated carbocycles. The van der Waals surface area contributed by atoms with Crippen LogP contribution in [0.2, 0.25) is 0 Å². The van der Waals surface area contributed by atoms with Crippen LogP contribution in [0.4, 0.5) is 0 Å². The Kier molecular flexibility index (Phi) is 16.8. The van der Waals surface area contributed by atoms with Crippen LogP contribution in [0.1, 0.15) is 33.7 Å². The van der Waals surface area contributed by atoms with Gasteiger partial charge >= 0.3 is 35.8 Å². The first-order valence-corrected chi connectivity index (χ1v) is 22.8. The van der Waals surface area contributed by atoms with Gasteiger partial charge in [-0.1, -0.05) is 18.2 Å². The molecular formula is C52H46O26. The summed E-state index contributed by atoms with van der Waals surface area (Å²) in [6.45, 7) is -2.34. The van der Waals surface area contributed by atoms with Crippen molar-refractivity contribution < 1.29 is 129 Å². The minimum absolute atomic E-state index is 0.129. The lowest BCUT2D eigenvalue weighted by Gasteiger charge is -2.39. The second-order valence-electron chi connectivity index (χ2n) is 17.3. The number of fused-ring (bicyclic) bond motifs is 1. The molecule has 0 unspecified atom stereocenters. The number of esters is 4. The minimum Gasteiger partial charge on any atom is -0.504 e. The Morgan fingerprint density at radius 2 is 0.974 bits per heavy atom. The molecule has 2 heterocycles. The van der Waals surface area contributed by atoms with E-state index in [0.717, 1.165) is 85.0 Å². The highest BCUT2D eigenvalue weighted by Crippen LogP contribution is 2.49. The molecule has 7 rings (SSSR count). The summed E-state index contributed by atoms with van der Waals surface area (Å²) in [5.41, 5.74) is -1.02. The van der Waals surface area contributed by atoms with E-state index in [1.807, 2.05) is 0 Å². The Balaban J connectivity index is 1.34. The number of carbonyl (C=O) groups is 6. The number of carboxylic acid groups (broad SMARTS) is 2. The van der Waals surface area contributed by atoms with Crippen LogP contribution in [-0.2, 0) is 57.2 Å². The molecule has 0 amide bonds. The lowest BCUT2D eigenvalue weighted by molar-refractivity contribution is -0.189. The van der Waals surface area contributed by atoms with Crippen LogP contribution in [-0.4, -0.2) is 169 Å². The standard InChI is InChI=1S/C52H46O26/c53-19-35(63)45-47(77-41(65)9-3-21-1-6-27(55)30(58)11-21)37(17-39(73-45)49(67)68)75-51(71)26-13-24-15-33(61)34(62)16-25(24)43(23-5-8-29(57)32(60)14-23)44(26)52(72)76-38-18-40(50(69)70)74-46(36(64)20-54)48(38)78-42(66)10-4-22-2-7-28(56)31(59)12-22/h1-18,35-38,43-48,53-64H,19-20H2,(H,67,68)(H,69,70)/b9-3+,10-4+/t35-,36+,37-,38-,43-,44-,45-,46-,47-,48-/m1/s1. The molecular weight excluding hydrogens is 1040 g/mol. The van der Waals surface area contributed by atoms with Crippen LogP contribution in [0.15, 0.2) is 108 Å². The summed E-state index contributed by atoms with van der Waals surface area (Å²) in [4.78, 5) is 82.0. The first-order chi connectivity index (χ1) is 37.0. The number of hydrogen-bond acceptors (Lipinski definition) is 24. The molecule has 0 fully saturated rings. The highest BCUT2D eigenvalue weighted by atomic mass is 16.6. The van der Waals surface area contributed by atoms with Gasteiger partial charge in [0.25, 0.3) is 0 Å². The van der Waals surface area contributed by atoms with E-state index >= 15 is 9.59 Å². The summed E-state index contributed by atoms with van der Waals surface area (Å²) in [6, 6.07) is 11.7. The maximum absolute atomic E-state index is 15.3. The zero-order chi connectivity index (χ0) is 56.9. The van der Waals surface area contributed by atoms with E-state index in [-0.39, 0.29) is 27.8 Å². The van der Waals surface area contributed by atoms with E-state index in [9.17, 15) is 90.7 Å². The van der Waals surface area contributed by atoms with Crippen LogP contribution in [0.3, 0.4) is 0 Å². The monoisotopic (exact) mass is 1090 g/mol. The van der Waals surface area contributed by atoms with Crippen molar-refractivity contribution in [3.8, 4) is 46.0 Å². The Morgan fingerprint density at radius 1 is 0.538 bits per heavy atom. The number of benzene rings is 4. The summed E-state index contributed by atoms with van der Waals surface area (Å²) < 4.78 is 33.5. The number of hydrogen-bond donors (Lipinski definition) is 14. The second-order valence-corrected chi connectivity index (χ2v) is 17.3. The average molecular weight is 1090 g/mol. The number of carbonyl (C=O) groups excluding carboxylic acids is 4. The molecule has 0 spiro atoms. The molecule has 26 heteroatoms. The van der Waals surface area contributed by atoms with Crippen molar-refractivity contribution in [3.05, 3.63) is 136 Å². The molecule has 4 aromatic rings. The van der Waals surface area contributed by atoms with Gasteiger partial charge in [0.05, 0.1) is 24.7 Å². The number of ether oxygens (including phenoxy) is 6. The summed E-state index contributed by atoms with van der Waals surface area (Å²) in [7, 11) is 0. The van der Waals surface area contributed by atoms with E-state index in [1.165, 1.54) is 12.1 Å². The van der Waals surface area contributed by atoms with Gasteiger partial charge in [-0.2, -0.15) is 0 Å².